The number of hydrogen-bond donors (Lipinski definition) is 0. The van der Waals surface area contributed by atoms with Gasteiger partial charge in [-0.2, -0.15) is 4.68 Å². The van der Waals surface area contributed by atoms with Gasteiger partial charge in [0.05, 0.1) is 28.4 Å². The van der Waals surface area contributed by atoms with Crippen molar-refractivity contribution >= 4 is 29.2 Å². The van der Waals surface area contributed by atoms with E-state index in [-0.39, 0.29) is 15.6 Å². The van der Waals surface area contributed by atoms with Gasteiger partial charge in [0.25, 0.3) is 0 Å². The Morgan fingerprint density at radius 1 is 1.41 bits per heavy atom. The number of carbonyl (C=O) groups excluding carboxylic acids is 1. The molecule has 0 radical (unpaired) electrons. The second kappa shape index (κ2) is 4.68. The van der Waals surface area contributed by atoms with Gasteiger partial charge in [-0.1, -0.05) is 23.2 Å². The Kier molecular flexibility index (Phi) is 3.26. The molecular weight excluding hydrogens is 267 g/mol. The number of esters is 1. The first kappa shape index (κ1) is 11.8. The first-order valence-corrected chi connectivity index (χ1v) is 5.20. The molecule has 1 aromatic heterocycles. The molecule has 0 aliphatic rings. The van der Waals surface area contributed by atoms with E-state index in [9.17, 15) is 4.79 Å². The van der Waals surface area contributed by atoms with Crippen LogP contribution in [0.25, 0.3) is 5.69 Å². The highest BCUT2D eigenvalue weighted by molar-refractivity contribution is 6.40. The number of hydrogen-bond acceptors (Lipinski definition) is 5. The lowest BCUT2D eigenvalue weighted by molar-refractivity contribution is 0.0601. The summed E-state index contributed by atoms with van der Waals surface area (Å²) in [5.41, 5.74) is 0.533. The molecule has 2 aromatic rings. The van der Waals surface area contributed by atoms with Gasteiger partial charge in [-0.3, -0.25) is 0 Å². The van der Waals surface area contributed by atoms with E-state index in [2.05, 4.69) is 20.3 Å². The van der Waals surface area contributed by atoms with E-state index in [1.807, 2.05) is 0 Å². The zero-order valence-electron chi connectivity index (χ0n) is 8.59. The summed E-state index contributed by atoms with van der Waals surface area (Å²) in [6, 6.07) is 3.13. The van der Waals surface area contributed by atoms with Crippen molar-refractivity contribution in [2.45, 2.75) is 0 Å². The number of ether oxygens (including phenoxy) is 1. The fourth-order valence-electron chi connectivity index (χ4n) is 1.28. The molecule has 0 aliphatic heterocycles. The zero-order chi connectivity index (χ0) is 12.4. The van der Waals surface area contributed by atoms with Crippen LogP contribution in [0.3, 0.4) is 0 Å². The second-order valence-corrected chi connectivity index (χ2v) is 3.79. The number of aromatic nitrogens is 4. The summed E-state index contributed by atoms with van der Waals surface area (Å²) in [5.74, 6) is -0.616. The molecule has 0 bridgehead atoms. The molecule has 0 fully saturated rings. The summed E-state index contributed by atoms with van der Waals surface area (Å²) >= 11 is 12.0. The van der Waals surface area contributed by atoms with Gasteiger partial charge < -0.3 is 4.74 Å². The van der Waals surface area contributed by atoms with Crippen molar-refractivity contribution < 1.29 is 9.53 Å². The molecule has 0 unspecified atom stereocenters. The van der Waals surface area contributed by atoms with Gasteiger partial charge in [0, 0.05) is 0 Å². The molecule has 0 saturated heterocycles. The van der Waals surface area contributed by atoms with Crippen LogP contribution in [0.5, 0.6) is 0 Å². The highest BCUT2D eigenvalue weighted by atomic mass is 35.5. The van der Waals surface area contributed by atoms with E-state index in [1.165, 1.54) is 24.2 Å². The molecule has 2 rings (SSSR count). The Morgan fingerprint density at radius 2 is 2.18 bits per heavy atom. The minimum atomic E-state index is -0.616. The Hall–Kier alpha value is -1.66. The topological polar surface area (TPSA) is 69.9 Å². The summed E-state index contributed by atoms with van der Waals surface area (Å²) in [7, 11) is 1.25. The predicted octanol–water partition coefficient (Wildman–Crippen LogP) is 1.76. The Morgan fingerprint density at radius 3 is 2.76 bits per heavy atom. The van der Waals surface area contributed by atoms with Crippen molar-refractivity contribution in [2.75, 3.05) is 7.11 Å². The van der Waals surface area contributed by atoms with Crippen molar-refractivity contribution in [3.8, 4) is 5.69 Å². The molecule has 0 atom stereocenters. The highest BCUT2D eigenvalue weighted by Crippen LogP contribution is 2.30. The number of rotatable bonds is 2. The Labute approximate surface area is 106 Å². The van der Waals surface area contributed by atoms with E-state index in [1.54, 1.807) is 6.07 Å². The van der Waals surface area contributed by atoms with Crippen LogP contribution in [-0.2, 0) is 4.74 Å². The molecule has 0 spiro atoms. The smallest absolute Gasteiger partial charge is 0.340 e. The van der Waals surface area contributed by atoms with Gasteiger partial charge in [-0.15, -0.1) is 5.10 Å². The fourth-order valence-corrected chi connectivity index (χ4v) is 1.89. The molecule has 17 heavy (non-hydrogen) atoms. The van der Waals surface area contributed by atoms with E-state index in [0.29, 0.717) is 5.69 Å². The van der Waals surface area contributed by atoms with Crippen LogP contribution >= 0.6 is 23.2 Å². The first-order chi connectivity index (χ1) is 8.15. The minimum absolute atomic E-state index is 0.0869. The van der Waals surface area contributed by atoms with Crippen LogP contribution in [-0.4, -0.2) is 33.3 Å². The molecule has 88 valence electrons. The number of benzene rings is 1. The number of nitrogens with zero attached hydrogens (tertiary/aromatic N) is 4. The van der Waals surface area contributed by atoms with E-state index in [0.717, 1.165) is 0 Å². The fraction of sp³-hybridized carbons (Fsp3) is 0.111. The highest BCUT2D eigenvalue weighted by Gasteiger charge is 2.19. The normalized spacial score (nSPS) is 10.3. The van der Waals surface area contributed by atoms with Gasteiger partial charge in [-0.25, -0.2) is 4.79 Å². The van der Waals surface area contributed by atoms with Crippen LogP contribution in [0.2, 0.25) is 10.0 Å². The van der Waals surface area contributed by atoms with Gasteiger partial charge in [0.15, 0.2) is 0 Å². The lowest BCUT2D eigenvalue weighted by Crippen LogP contribution is -2.06. The molecule has 0 aliphatic carbocycles. The van der Waals surface area contributed by atoms with E-state index >= 15 is 0 Å². The van der Waals surface area contributed by atoms with Crippen LogP contribution in [0.1, 0.15) is 10.4 Å². The third kappa shape index (κ3) is 2.09. The van der Waals surface area contributed by atoms with E-state index < -0.39 is 5.97 Å². The van der Waals surface area contributed by atoms with Crippen LogP contribution < -0.4 is 0 Å². The second-order valence-electron chi connectivity index (χ2n) is 3.00. The molecule has 0 N–H and O–H groups in total. The quantitative estimate of drug-likeness (QED) is 0.779. The number of halogens is 2. The largest absolute Gasteiger partial charge is 0.465 e. The summed E-state index contributed by atoms with van der Waals surface area (Å²) in [6.07, 6.45) is 1.36. The average molecular weight is 273 g/mol. The standard InChI is InChI=1S/C9H6Cl2N4O2/c1-17-9(16)7-5(10)2-3-6(8(7)11)15-4-12-13-14-15/h2-4H,1H3. The number of tetrazole rings is 1. The van der Waals surface area contributed by atoms with Crippen molar-refractivity contribution in [3.63, 3.8) is 0 Å². The van der Waals surface area contributed by atoms with E-state index in [4.69, 9.17) is 23.2 Å². The van der Waals surface area contributed by atoms with Crippen LogP contribution in [0, 0.1) is 0 Å². The monoisotopic (exact) mass is 272 g/mol. The maximum atomic E-state index is 11.5. The summed E-state index contributed by atoms with van der Waals surface area (Å²) in [4.78, 5) is 11.5. The van der Waals surface area contributed by atoms with Crippen LogP contribution in [0.15, 0.2) is 18.5 Å². The lowest BCUT2D eigenvalue weighted by Gasteiger charge is -2.08. The maximum absolute atomic E-state index is 11.5. The van der Waals surface area contributed by atoms with Gasteiger partial charge in [-0.05, 0) is 22.6 Å². The molecule has 1 heterocycles. The minimum Gasteiger partial charge on any atom is -0.465 e. The van der Waals surface area contributed by atoms with Gasteiger partial charge in [0.2, 0.25) is 0 Å². The molecule has 1 aromatic carbocycles. The summed E-state index contributed by atoms with van der Waals surface area (Å²) in [5, 5.41) is 11.0. The van der Waals surface area contributed by atoms with Gasteiger partial charge in [0.1, 0.15) is 6.33 Å². The average Bonchev–Trinajstić information content (AvgIpc) is 2.82. The van der Waals surface area contributed by atoms with Crippen molar-refractivity contribution in [3.05, 3.63) is 34.1 Å². The summed E-state index contributed by atoms with van der Waals surface area (Å²) < 4.78 is 5.93. The van der Waals surface area contributed by atoms with Crippen molar-refractivity contribution in [2.24, 2.45) is 0 Å². The Bertz CT molecular complexity index is 556. The third-order valence-electron chi connectivity index (χ3n) is 2.06. The van der Waals surface area contributed by atoms with Crippen LogP contribution in [0.4, 0.5) is 0 Å². The molecule has 0 amide bonds. The SMILES string of the molecule is COC(=O)c1c(Cl)ccc(-n2cnnn2)c1Cl. The lowest BCUT2D eigenvalue weighted by atomic mass is 10.2. The van der Waals surface area contributed by atoms with Crippen molar-refractivity contribution in [1.29, 1.82) is 0 Å². The Balaban J connectivity index is 2.62. The maximum Gasteiger partial charge on any atom is 0.340 e. The van der Waals surface area contributed by atoms with Gasteiger partial charge >= 0.3 is 5.97 Å². The predicted molar refractivity (Wildman–Crippen MR) is 60.5 cm³/mol. The first-order valence-electron chi connectivity index (χ1n) is 4.45. The molecule has 6 nitrogen and oxygen atoms in total. The molecular formula is C9H6Cl2N4O2. The molecule has 8 heteroatoms. The molecule has 0 saturated carbocycles. The number of methoxy groups -OCH3 is 1. The number of carbonyl (C=O) groups is 1. The zero-order valence-corrected chi connectivity index (χ0v) is 10.1. The third-order valence-corrected chi connectivity index (χ3v) is 2.75. The van der Waals surface area contributed by atoms with Crippen molar-refractivity contribution in [1.82, 2.24) is 20.2 Å². The summed E-state index contributed by atoms with van der Waals surface area (Å²) in [6.45, 7) is 0.